The number of ether oxygens (including phenoxy) is 3. The third-order valence-electron chi connectivity index (χ3n) is 11.9. The molecule has 0 fully saturated rings. The second-order valence-corrected chi connectivity index (χ2v) is 19.9. The van der Waals surface area contributed by atoms with E-state index >= 15 is 0 Å². The van der Waals surface area contributed by atoms with Gasteiger partial charge in [0, 0.05) is 107 Å². The number of phenols is 1. The Labute approximate surface area is 458 Å². The number of aromatic hydroxyl groups is 1. The van der Waals surface area contributed by atoms with Crippen LogP contribution in [0.5, 0.6) is 23.0 Å². The van der Waals surface area contributed by atoms with Crippen LogP contribution >= 0.6 is 0 Å². The van der Waals surface area contributed by atoms with E-state index in [1.165, 1.54) is 24.6 Å². The lowest BCUT2D eigenvalue weighted by atomic mass is 9.98. The van der Waals surface area contributed by atoms with E-state index in [4.69, 9.17) is 41.6 Å². The van der Waals surface area contributed by atoms with E-state index in [0.717, 1.165) is 24.2 Å². The Morgan fingerprint density at radius 2 is 1.21 bits per heavy atom. The van der Waals surface area contributed by atoms with Crippen LogP contribution in [0, 0.1) is 0 Å². The van der Waals surface area contributed by atoms with Gasteiger partial charge in [0.25, 0.3) is 11.8 Å². The SMILES string of the molecule is COc1c(OCC(=O)NC(CCCN=C(N)N)C(=O)NCCNCCNC(C)C)cc2oc3cc(OCC(=O)[NH2+]C(CCCN=C(N)N)C(=O)NCCNCCNC(C)C)c(CC=C(C)C)c(O)c3c(=O)c2c1CC=C(C)C. The van der Waals surface area contributed by atoms with E-state index in [0.29, 0.717) is 69.8 Å². The molecule has 3 rings (SSSR count). The third kappa shape index (κ3) is 23.3. The first-order chi connectivity index (χ1) is 37.1. The van der Waals surface area contributed by atoms with Crippen LogP contribution in [-0.4, -0.2) is 151 Å². The lowest BCUT2D eigenvalue weighted by molar-refractivity contribution is -0.594. The summed E-state index contributed by atoms with van der Waals surface area (Å²) in [5.41, 5.74) is 23.9. The number of carbonyl (C=O) groups excluding carboxylic acids is 4. The molecule has 2 unspecified atom stereocenters. The second kappa shape index (κ2) is 34.7. The number of nitrogens with zero attached hydrogens (tertiary/aromatic N) is 2. The molecular weight excluding hydrogens is 1000 g/mol. The number of carbonyl (C=O) groups is 4. The molecule has 4 amide bonds. The van der Waals surface area contributed by atoms with Crippen LogP contribution in [0.15, 0.2) is 54.6 Å². The predicted octanol–water partition coefficient (Wildman–Crippen LogP) is -0.106. The van der Waals surface area contributed by atoms with Gasteiger partial charge in [-0.05, 0) is 59.8 Å². The summed E-state index contributed by atoms with van der Waals surface area (Å²) in [4.78, 5) is 76.9. The van der Waals surface area contributed by atoms with Crippen molar-refractivity contribution in [2.75, 3.05) is 85.8 Å². The maximum Gasteiger partial charge on any atom is 0.348 e. The van der Waals surface area contributed by atoms with Crippen LogP contribution in [0.3, 0.4) is 0 Å². The minimum Gasteiger partial charge on any atom is -0.507 e. The number of hydrogen-bond acceptors (Lipinski definition) is 16. The zero-order chi connectivity index (χ0) is 57.7. The van der Waals surface area contributed by atoms with Gasteiger partial charge in [-0.3, -0.25) is 34.5 Å². The van der Waals surface area contributed by atoms with Gasteiger partial charge in [-0.1, -0.05) is 51.0 Å². The normalized spacial score (nSPS) is 11.9. The van der Waals surface area contributed by atoms with Crippen molar-refractivity contribution in [1.29, 1.82) is 0 Å². The number of nitrogens with two attached hydrogens (primary N) is 5. The molecule has 0 radical (unpaired) electrons. The molecule has 24 nitrogen and oxygen atoms in total. The van der Waals surface area contributed by atoms with E-state index in [1.54, 1.807) is 0 Å². The molecule has 0 bridgehead atoms. The summed E-state index contributed by atoms with van der Waals surface area (Å²) in [6, 6.07) is 1.78. The number of rotatable bonds is 37. The highest BCUT2D eigenvalue weighted by molar-refractivity contribution is 5.98. The van der Waals surface area contributed by atoms with Gasteiger partial charge in [0.05, 0.1) is 12.5 Å². The molecule has 1 heterocycles. The lowest BCUT2D eigenvalue weighted by Crippen LogP contribution is -2.96. The molecule has 2 aromatic carbocycles. The lowest BCUT2D eigenvalue weighted by Gasteiger charge is -2.20. The van der Waals surface area contributed by atoms with Gasteiger partial charge < -0.3 is 83.9 Å². The summed E-state index contributed by atoms with van der Waals surface area (Å²) in [5.74, 6) is -2.21. The number of methoxy groups -OCH3 is 1. The number of hydrogen-bond donors (Lipinski definition) is 13. The molecule has 0 saturated heterocycles. The molecule has 0 spiro atoms. The summed E-state index contributed by atoms with van der Waals surface area (Å²) in [7, 11) is 1.40. The number of benzene rings is 2. The van der Waals surface area contributed by atoms with Crippen molar-refractivity contribution in [3.05, 3.63) is 56.8 Å². The largest absolute Gasteiger partial charge is 0.507 e. The molecule has 0 aliphatic carbocycles. The van der Waals surface area contributed by atoms with Crippen LogP contribution in [0.2, 0.25) is 0 Å². The van der Waals surface area contributed by atoms with Gasteiger partial charge in [0.15, 0.2) is 36.1 Å². The Morgan fingerprint density at radius 1 is 0.692 bits per heavy atom. The number of allylic oxidation sites excluding steroid dienone is 4. The van der Waals surface area contributed by atoms with Crippen molar-refractivity contribution in [1.82, 2.24) is 37.2 Å². The standard InChI is InChI=1S/C54H88N14O10/c1-32(2)14-16-36-40(76-30-44(69)67-38(12-10-18-65-53(55)56)51(73)63-26-22-59-20-24-61-34(5)6)28-42-47(48(36)71)49(72)46-37(17-15-33(3)4)50(75-9)43(29-41(46)78-42)77-31-45(70)68-39(13-11-19-66-54(57)58)52(74)64-27-23-60-21-25-62-35(7)8/h14-15,28-29,34-35,38-39,59-62,71H,10-13,16-27,30-31H2,1-9H3,(H,63,73)(H,64,74)(H,67,69)(H,68,70)(H4,55,56,65)(H4,57,58,66)/p+1. The van der Waals surface area contributed by atoms with Crippen molar-refractivity contribution < 1.29 is 48.2 Å². The maximum atomic E-state index is 14.8. The highest BCUT2D eigenvalue weighted by Gasteiger charge is 2.28. The Morgan fingerprint density at radius 3 is 1.76 bits per heavy atom. The molecule has 2 atom stereocenters. The first-order valence-corrected chi connectivity index (χ1v) is 26.7. The fraction of sp³-hybridized carbons (Fsp3) is 0.574. The van der Waals surface area contributed by atoms with Gasteiger partial charge in [-0.25, -0.2) is 4.79 Å². The van der Waals surface area contributed by atoms with Crippen LogP contribution < -0.4 is 85.1 Å². The van der Waals surface area contributed by atoms with E-state index < -0.39 is 54.2 Å². The molecule has 0 aliphatic heterocycles. The summed E-state index contributed by atoms with van der Waals surface area (Å²) in [6.07, 6.45) is 5.32. The molecule has 0 aliphatic rings. The average molecular weight is 1090 g/mol. The molecular formula is C54H89N14O10+. The van der Waals surface area contributed by atoms with Crippen molar-refractivity contribution in [3.8, 4) is 23.0 Å². The molecule has 1 aromatic heterocycles. The number of primary amides is 1. The summed E-state index contributed by atoms with van der Waals surface area (Å²) < 4.78 is 24.6. The monoisotopic (exact) mass is 1090 g/mol. The second-order valence-electron chi connectivity index (χ2n) is 19.9. The highest BCUT2D eigenvalue weighted by atomic mass is 16.5. The zero-order valence-corrected chi connectivity index (χ0v) is 47.2. The number of amides is 4. The summed E-state index contributed by atoms with van der Waals surface area (Å²) in [6.45, 7) is 19.8. The third-order valence-corrected chi connectivity index (χ3v) is 11.9. The van der Waals surface area contributed by atoms with Crippen molar-refractivity contribution in [3.63, 3.8) is 0 Å². The van der Waals surface area contributed by atoms with E-state index in [-0.39, 0.29) is 101 Å². The molecule has 3 aromatic rings. The fourth-order valence-corrected chi connectivity index (χ4v) is 8.00. The smallest absolute Gasteiger partial charge is 0.348 e. The van der Waals surface area contributed by atoms with Crippen LogP contribution in [-0.2, 0) is 32.0 Å². The van der Waals surface area contributed by atoms with Gasteiger partial charge in [-0.2, -0.15) is 0 Å². The predicted molar refractivity (Wildman–Crippen MR) is 306 cm³/mol. The molecule has 24 heteroatoms. The topological polar surface area (TPSA) is 376 Å². The first-order valence-electron chi connectivity index (χ1n) is 26.7. The van der Waals surface area contributed by atoms with Crippen LogP contribution in [0.4, 0.5) is 0 Å². The minimum atomic E-state index is -0.948. The van der Waals surface area contributed by atoms with Crippen molar-refractivity contribution in [2.24, 2.45) is 32.9 Å². The highest BCUT2D eigenvalue weighted by Crippen LogP contribution is 2.41. The minimum absolute atomic E-state index is 0.0373. The van der Waals surface area contributed by atoms with Crippen molar-refractivity contribution in [2.45, 2.75) is 118 Å². The number of nitrogens with one attached hydrogen (secondary N) is 7. The van der Waals surface area contributed by atoms with E-state index in [9.17, 15) is 29.1 Å². The molecule has 18 N–H and O–H groups in total. The van der Waals surface area contributed by atoms with E-state index in [1.807, 2.05) is 39.8 Å². The van der Waals surface area contributed by atoms with Crippen LogP contribution in [0.1, 0.15) is 92.2 Å². The quantitative estimate of drug-likeness (QED) is 0.0118. The average Bonchev–Trinajstić information content (AvgIpc) is 3.38. The Bertz CT molecular complexity index is 2620. The number of guanidine groups is 2. The number of aliphatic imine (C=N–C) groups is 2. The molecule has 0 saturated carbocycles. The van der Waals surface area contributed by atoms with Gasteiger partial charge in [-0.15, -0.1) is 0 Å². The van der Waals surface area contributed by atoms with Gasteiger partial charge in [0.2, 0.25) is 17.9 Å². The first kappa shape index (κ1) is 65.3. The number of quaternary nitrogens is 1. The molecule has 78 heavy (non-hydrogen) atoms. The Hall–Kier alpha value is -6.99. The van der Waals surface area contributed by atoms with Crippen LogP contribution in [0.25, 0.3) is 21.9 Å². The zero-order valence-electron chi connectivity index (χ0n) is 47.2. The molecule has 434 valence electrons. The van der Waals surface area contributed by atoms with Gasteiger partial charge >= 0.3 is 5.91 Å². The summed E-state index contributed by atoms with van der Waals surface area (Å²) >= 11 is 0. The fourth-order valence-electron chi connectivity index (χ4n) is 8.00. The van der Waals surface area contributed by atoms with E-state index in [2.05, 4.69) is 74.9 Å². The number of fused-ring (bicyclic) bond motifs is 2. The summed E-state index contributed by atoms with van der Waals surface area (Å²) in [5, 5.41) is 35.0. The maximum absolute atomic E-state index is 14.8. The Kier molecular flexibility index (Phi) is 29.1. The number of phenolic OH excluding ortho intramolecular Hbond substituents is 1. The van der Waals surface area contributed by atoms with Crippen molar-refractivity contribution >= 4 is 57.5 Å². The Balaban J connectivity index is 2.00. The van der Waals surface area contributed by atoms with Gasteiger partial charge in [0.1, 0.15) is 34.1 Å².